The number of hydrogen-bond donors (Lipinski definition) is 1. The number of carbonyl (C=O) groups is 1. The normalized spacial score (nSPS) is 10.2. The number of rotatable bonds is 2. The maximum absolute atomic E-state index is 13.2. The van der Waals surface area contributed by atoms with Crippen molar-refractivity contribution in [2.45, 2.75) is 0 Å². The van der Waals surface area contributed by atoms with Crippen molar-refractivity contribution in [2.75, 3.05) is 5.32 Å². The number of nitrogens with one attached hydrogen (secondary N) is 1. The number of anilines is 1. The number of amides is 1. The van der Waals surface area contributed by atoms with Crippen molar-refractivity contribution in [3.8, 4) is 0 Å². The zero-order valence-electron chi connectivity index (χ0n) is 9.08. The summed E-state index contributed by atoms with van der Waals surface area (Å²) in [6.45, 7) is 0. The van der Waals surface area contributed by atoms with Crippen molar-refractivity contribution < 1.29 is 9.18 Å². The Hall–Kier alpha value is -1.58. The third-order valence-corrected chi connectivity index (χ3v) is 3.03. The summed E-state index contributed by atoms with van der Waals surface area (Å²) in [7, 11) is 0. The Kier molecular flexibility index (Phi) is 3.84. The van der Waals surface area contributed by atoms with Gasteiger partial charge in [0.15, 0.2) is 0 Å². The number of halogens is 3. The SMILES string of the molecule is O=C(Nc1ccccc1Cl)c1cccc(F)c1Cl. The molecule has 5 heteroatoms. The van der Waals surface area contributed by atoms with E-state index in [9.17, 15) is 9.18 Å². The Balaban J connectivity index is 2.28. The molecule has 0 bridgehead atoms. The molecule has 0 heterocycles. The predicted molar refractivity (Wildman–Crippen MR) is 70.8 cm³/mol. The van der Waals surface area contributed by atoms with Gasteiger partial charge in [-0.15, -0.1) is 0 Å². The second-order valence-corrected chi connectivity index (χ2v) is 4.32. The minimum atomic E-state index is -0.636. The quantitative estimate of drug-likeness (QED) is 0.870. The van der Waals surface area contributed by atoms with Crippen molar-refractivity contribution in [3.63, 3.8) is 0 Å². The molecule has 92 valence electrons. The summed E-state index contributed by atoms with van der Waals surface area (Å²) < 4.78 is 13.2. The molecule has 0 atom stereocenters. The molecule has 1 amide bonds. The van der Waals surface area contributed by atoms with E-state index < -0.39 is 11.7 Å². The van der Waals surface area contributed by atoms with E-state index >= 15 is 0 Å². The van der Waals surface area contributed by atoms with Gasteiger partial charge >= 0.3 is 0 Å². The van der Waals surface area contributed by atoms with Crippen LogP contribution in [0.3, 0.4) is 0 Å². The summed E-state index contributed by atoms with van der Waals surface area (Å²) in [5, 5.41) is 2.77. The lowest BCUT2D eigenvalue weighted by Crippen LogP contribution is -2.13. The molecular weight excluding hydrogens is 276 g/mol. The van der Waals surface area contributed by atoms with Gasteiger partial charge in [0, 0.05) is 0 Å². The Morgan fingerprint density at radius 1 is 1.06 bits per heavy atom. The van der Waals surface area contributed by atoms with Gasteiger partial charge in [-0.05, 0) is 24.3 Å². The first-order valence-corrected chi connectivity index (χ1v) is 5.85. The highest BCUT2D eigenvalue weighted by Gasteiger charge is 2.14. The van der Waals surface area contributed by atoms with Crippen LogP contribution in [-0.2, 0) is 0 Å². The molecule has 0 aliphatic heterocycles. The first kappa shape index (κ1) is 12.9. The molecule has 0 saturated carbocycles. The van der Waals surface area contributed by atoms with Crippen LogP contribution in [0.5, 0.6) is 0 Å². The van der Waals surface area contributed by atoms with E-state index in [0.29, 0.717) is 10.7 Å². The molecule has 18 heavy (non-hydrogen) atoms. The molecule has 2 nitrogen and oxygen atoms in total. The van der Waals surface area contributed by atoms with E-state index in [2.05, 4.69) is 5.32 Å². The van der Waals surface area contributed by atoms with Crippen LogP contribution >= 0.6 is 23.2 Å². The fourth-order valence-electron chi connectivity index (χ4n) is 1.43. The van der Waals surface area contributed by atoms with Gasteiger partial charge in [0.05, 0.1) is 21.3 Å². The standard InChI is InChI=1S/C13H8Cl2FNO/c14-9-5-1-2-7-11(9)17-13(18)8-4-3-6-10(16)12(8)15/h1-7H,(H,17,18). The van der Waals surface area contributed by atoms with Gasteiger partial charge in [-0.25, -0.2) is 4.39 Å². The van der Waals surface area contributed by atoms with Crippen LogP contribution in [0.15, 0.2) is 42.5 Å². The van der Waals surface area contributed by atoms with Crippen molar-refractivity contribution >= 4 is 34.8 Å². The van der Waals surface area contributed by atoms with Gasteiger partial charge < -0.3 is 5.32 Å². The van der Waals surface area contributed by atoms with Crippen LogP contribution in [0.25, 0.3) is 0 Å². The van der Waals surface area contributed by atoms with Gasteiger partial charge in [0.1, 0.15) is 5.82 Å². The van der Waals surface area contributed by atoms with Gasteiger partial charge in [-0.3, -0.25) is 4.79 Å². The second-order valence-electron chi connectivity index (χ2n) is 3.54. The molecular formula is C13H8Cl2FNO. The topological polar surface area (TPSA) is 29.1 Å². The summed E-state index contributed by atoms with van der Waals surface area (Å²) >= 11 is 11.6. The van der Waals surface area contributed by atoms with E-state index in [1.54, 1.807) is 24.3 Å². The third kappa shape index (κ3) is 2.63. The lowest BCUT2D eigenvalue weighted by molar-refractivity contribution is 0.102. The average Bonchev–Trinajstić information content (AvgIpc) is 2.35. The molecule has 0 aliphatic rings. The zero-order chi connectivity index (χ0) is 13.1. The fourth-order valence-corrected chi connectivity index (χ4v) is 1.83. The molecule has 0 spiro atoms. The van der Waals surface area contributed by atoms with Crippen LogP contribution in [0, 0.1) is 5.82 Å². The van der Waals surface area contributed by atoms with Crippen LogP contribution in [0.4, 0.5) is 10.1 Å². The summed E-state index contributed by atoms with van der Waals surface area (Å²) in [6.07, 6.45) is 0. The number of hydrogen-bond acceptors (Lipinski definition) is 1. The van der Waals surface area contributed by atoms with E-state index in [-0.39, 0.29) is 10.6 Å². The van der Waals surface area contributed by atoms with Crippen molar-refractivity contribution in [3.05, 3.63) is 63.9 Å². The zero-order valence-corrected chi connectivity index (χ0v) is 10.6. The summed E-state index contributed by atoms with van der Waals surface area (Å²) in [6, 6.07) is 10.8. The molecule has 0 saturated heterocycles. The lowest BCUT2D eigenvalue weighted by Gasteiger charge is -2.08. The highest BCUT2D eigenvalue weighted by Crippen LogP contribution is 2.24. The maximum atomic E-state index is 13.2. The first-order chi connectivity index (χ1) is 8.59. The third-order valence-electron chi connectivity index (χ3n) is 2.32. The van der Waals surface area contributed by atoms with Gasteiger partial charge in [-0.1, -0.05) is 41.4 Å². The molecule has 0 aliphatic carbocycles. The van der Waals surface area contributed by atoms with E-state index in [1.165, 1.54) is 18.2 Å². The van der Waals surface area contributed by atoms with Crippen LogP contribution in [-0.4, -0.2) is 5.91 Å². The summed E-state index contributed by atoms with van der Waals surface area (Å²) in [5.41, 5.74) is 0.515. The molecule has 0 radical (unpaired) electrons. The number of benzene rings is 2. The highest BCUT2D eigenvalue weighted by atomic mass is 35.5. The Bertz CT molecular complexity index is 601. The minimum absolute atomic E-state index is 0.0663. The number of carbonyl (C=O) groups excluding carboxylic acids is 1. The predicted octanol–water partition coefficient (Wildman–Crippen LogP) is 4.38. The van der Waals surface area contributed by atoms with Gasteiger partial charge in [0.2, 0.25) is 0 Å². The van der Waals surface area contributed by atoms with E-state index in [4.69, 9.17) is 23.2 Å². The molecule has 0 unspecified atom stereocenters. The van der Waals surface area contributed by atoms with E-state index in [1.807, 2.05) is 0 Å². The van der Waals surface area contributed by atoms with Gasteiger partial charge in [0.25, 0.3) is 5.91 Å². The second kappa shape index (κ2) is 5.38. The summed E-state index contributed by atoms with van der Waals surface area (Å²) in [5.74, 6) is -1.14. The minimum Gasteiger partial charge on any atom is -0.321 e. The molecule has 1 N–H and O–H groups in total. The van der Waals surface area contributed by atoms with Crippen LogP contribution < -0.4 is 5.32 Å². The monoisotopic (exact) mass is 283 g/mol. The number of para-hydroxylation sites is 1. The fraction of sp³-hybridized carbons (Fsp3) is 0. The molecule has 0 aromatic heterocycles. The van der Waals surface area contributed by atoms with Gasteiger partial charge in [-0.2, -0.15) is 0 Å². The highest BCUT2D eigenvalue weighted by molar-refractivity contribution is 6.36. The lowest BCUT2D eigenvalue weighted by atomic mass is 10.2. The Morgan fingerprint density at radius 2 is 1.78 bits per heavy atom. The average molecular weight is 284 g/mol. The smallest absolute Gasteiger partial charge is 0.257 e. The molecule has 2 aromatic rings. The van der Waals surface area contributed by atoms with Crippen molar-refractivity contribution in [1.82, 2.24) is 0 Å². The largest absolute Gasteiger partial charge is 0.321 e. The summed E-state index contributed by atoms with van der Waals surface area (Å²) in [4.78, 5) is 11.9. The van der Waals surface area contributed by atoms with Crippen molar-refractivity contribution in [1.29, 1.82) is 0 Å². The first-order valence-electron chi connectivity index (χ1n) is 5.09. The maximum Gasteiger partial charge on any atom is 0.257 e. The molecule has 2 rings (SSSR count). The molecule has 0 fully saturated rings. The Labute approximate surface area is 113 Å². The van der Waals surface area contributed by atoms with E-state index in [0.717, 1.165) is 0 Å². The van der Waals surface area contributed by atoms with Crippen molar-refractivity contribution in [2.24, 2.45) is 0 Å². The Morgan fingerprint density at radius 3 is 2.50 bits per heavy atom. The molecule has 2 aromatic carbocycles. The van der Waals surface area contributed by atoms with Crippen LogP contribution in [0.1, 0.15) is 10.4 Å². The van der Waals surface area contributed by atoms with Crippen LogP contribution in [0.2, 0.25) is 10.0 Å².